The van der Waals surface area contributed by atoms with Gasteiger partial charge in [0.05, 0.1) is 32.0 Å². The molecule has 2 fully saturated rings. The predicted molar refractivity (Wildman–Crippen MR) is 157 cm³/mol. The summed E-state index contributed by atoms with van der Waals surface area (Å²) < 4.78 is 38.5. The van der Waals surface area contributed by atoms with Crippen molar-refractivity contribution in [2.75, 3.05) is 6.61 Å². The van der Waals surface area contributed by atoms with Gasteiger partial charge in [0.2, 0.25) is 0 Å². The minimum Gasteiger partial charge on any atom is -0.478 e. The van der Waals surface area contributed by atoms with Crippen molar-refractivity contribution in [1.82, 2.24) is 0 Å². The number of hydrogen-bond donors (Lipinski definition) is 1. The Labute approximate surface area is 250 Å². The SMILES string of the molecule is O=C(O)c1ccccc1CO[C@H]1O[C@@H]2COC(c3ccccc3)O[C@H]2[C@H](OCc2ccccc2)[C@@H]1OCc1ccccc1. The van der Waals surface area contributed by atoms with E-state index < -0.39 is 43.0 Å². The summed E-state index contributed by atoms with van der Waals surface area (Å²) in [6, 6.07) is 36.3. The van der Waals surface area contributed by atoms with Gasteiger partial charge < -0.3 is 33.5 Å². The average Bonchev–Trinajstić information content (AvgIpc) is 3.06. The molecule has 0 radical (unpaired) electrons. The highest BCUT2D eigenvalue weighted by molar-refractivity contribution is 5.89. The van der Waals surface area contributed by atoms with E-state index in [2.05, 4.69) is 0 Å². The summed E-state index contributed by atoms with van der Waals surface area (Å²) in [7, 11) is 0. The number of carboxylic acid groups (broad SMARTS) is 1. The molecule has 2 saturated heterocycles. The summed E-state index contributed by atoms with van der Waals surface area (Å²) in [4.78, 5) is 11.8. The van der Waals surface area contributed by atoms with Gasteiger partial charge in [0.1, 0.15) is 24.4 Å². The Bertz CT molecular complexity index is 1450. The molecule has 1 unspecified atom stereocenters. The van der Waals surface area contributed by atoms with Crippen molar-refractivity contribution in [3.63, 3.8) is 0 Å². The predicted octanol–water partition coefficient (Wildman–Crippen LogP) is 5.91. The van der Waals surface area contributed by atoms with Crippen LogP contribution in [-0.4, -0.2) is 48.4 Å². The van der Waals surface area contributed by atoms with Gasteiger partial charge in [-0.25, -0.2) is 4.79 Å². The first-order valence-corrected chi connectivity index (χ1v) is 14.4. The maximum absolute atomic E-state index is 11.8. The van der Waals surface area contributed by atoms with Crippen molar-refractivity contribution in [3.8, 4) is 0 Å². The van der Waals surface area contributed by atoms with Crippen molar-refractivity contribution >= 4 is 5.97 Å². The first kappa shape index (κ1) is 29.2. The highest BCUT2D eigenvalue weighted by atomic mass is 16.8. The molecule has 2 heterocycles. The summed E-state index contributed by atoms with van der Waals surface area (Å²) in [6.45, 7) is 0.887. The Balaban J connectivity index is 1.29. The Morgan fingerprint density at radius 3 is 1.91 bits per heavy atom. The Kier molecular flexibility index (Phi) is 9.54. The largest absolute Gasteiger partial charge is 0.478 e. The Morgan fingerprint density at radius 1 is 0.674 bits per heavy atom. The standard InChI is InChI=1S/C35H34O8/c36-33(37)28-19-11-10-18-27(28)22-40-35-32(39-21-25-14-6-2-7-15-25)31(38-20-24-12-4-1-5-13-24)30-29(42-35)23-41-34(43-30)26-16-8-3-9-17-26/h1-19,29-32,34-35H,20-23H2,(H,36,37)/t29-,30-,31+,32+,34?,35+/m1/s1. The highest BCUT2D eigenvalue weighted by Gasteiger charge is 2.52. The number of carbonyl (C=O) groups is 1. The minimum absolute atomic E-state index is 0.00941. The van der Waals surface area contributed by atoms with Crippen LogP contribution in [-0.2, 0) is 48.2 Å². The molecule has 4 aromatic carbocycles. The van der Waals surface area contributed by atoms with E-state index in [1.165, 1.54) is 0 Å². The van der Waals surface area contributed by atoms with Crippen molar-refractivity contribution < 1.29 is 38.3 Å². The van der Waals surface area contributed by atoms with E-state index >= 15 is 0 Å². The summed E-state index contributed by atoms with van der Waals surface area (Å²) in [6.07, 6.45) is -3.78. The van der Waals surface area contributed by atoms with Gasteiger partial charge >= 0.3 is 5.97 Å². The lowest BCUT2D eigenvalue weighted by Crippen LogP contribution is -2.63. The van der Waals surface area contributed by atoms with Crippen LogP contribution in [0.1, 0.15) is 38.9 Å². The maximum Gasteiger partial charge on any atom is 0.336 e. The fourth-order valence-corrected chi connectivity index (χ4v) is 5.39. The molecule has 1 N–H and O–H groups in total. The molecule has 8 nitrogen and oxygen atoms in total. The van der Waals surface area contributed by atoms with E-state index in [1.54, 1.807) is 24.3 Å². The third-order valence-corrected chi connectivity index (χ3v) is 7.58. The van der Waals surface area contributed by atoms with Crippen molar-refractivity contribution in [1.29, 1.82) is 0 Å². The Morgan fingerprint density at radius 2 is 1.26 bits per heavy atom. The van der Waals surface area contributed by atoms with Crippen LogP contribution in [0.5, 0.6) is 0 Å². The molecule has 0 bridgehead atoms. The second-order valence-corrected chi connectivity index (χ2v) is 10.5. The fourth-order valence-electron chi connectivity index (χ4n) is 5.39. The van der Waals surface area contributed by atoms with Gasteiger partial charge in [0.25, 0.3) is 0 Å². The van der Waals surface area contributed by atoms with Crippen LogP contribution >= 0.6 is 0 Å². The van der Waals surface area contributed by atoms with Gasteiger partial charge in [-0.15, -0.1) is 0 Å². The third-order valence-electron chi connectivity index (χ3n) is 7.58. The molecule has 6 atom stereocenters. The van der Waals surface area contributed by atoms with Crippen LogP contribution in [0.2, 0.25) is 0 Å². The average molecular weight is 583 g/mol. The molecule has 0 aliphatic carbocycles. The van der Waals surface area contributed by atoms with Crippen molar-refractivity contribution in [3.05, 3.63) is 143 Å². The molecule has 0 spiro atoms. The van der Waals surface area contributed by atoms with Crippen LogP contribution in [0.15, 0.2) is 115 Å². The zero-order chi connectivity index (χ0) is 29.4. The second-order valence-electron chi connectivity index (χ2n) is 10.5. The van der Waals surface area contributed by atoms with E-state index in [0.717, 1.165) is 16.7 Å². The van der Waals surface area contributed by atoms with Gasteiger partial charge in [-0.1, -0.05) is 109 Å². The van der Waals surface area contributed by atoms with Crippen LogP contribution < -0.4 is 0 Å². The van der Waals surface area contributed by atoms with E-state index in [1.807, 2.05) is 91.0 Å². The molecule has 0 saturated carbocycles. The zero-order valence-corrected chi connectivity index (χ0v) is 23.6. The normalized spacial score (nSPS) is 25.1. The number of aromatic carboxylic acids is 1. The molecule has 8 heteroatoms. The topological polar surface area (TPSA) is 92.7 Å². The van der Waals surface area contributed by atoms with E-state index in [-0.39, 0.29) is 18.8 Å². The zero-order valence-electron chi connectivity index (χ0n) is 23.6. The van der Waals surface area contributed by atoms with E-state index in [0.29, 0.717) is 18.8 Å². The van der Waals surface area contributed by atoms with Gasteiger partial charge in [-0.05, 0) is 22.8 Å². The van der Waals surface area contributed by atoms with Crippen LogP contribution in [0, 0.1) is 0 Å². The summed E-state index contributed by atoms with van der Waals surface area (Å²) in [5.74, 6) is -1.02. The minimum atomic E-state index is -1.02. The van der Waals surface area contributed by atoms with Crippen LogP contribution in [0.4, 0.5) is 0 Å². The number of rotatable bonds is 11. The maximum atomic E-state index is 11.8. The molecular weight excluding hydrogens is 548 g/mol. The van der Waals surface area contributed by atoms with E-state index in [9.17, 15) is 9.90 Å². The molecule has 4 aromatic rings. The molecular formula is C35H34O8. The molecule has 2 aliphatic rings. The van der Waals surface area contributed by atoms with Gasteiger partial charge in [0, 0.05) is 5.56 Å². The molecule has 0 aromatic heterocycles. The summed E-state index contributed by atoms with van der Waals surface area (Å²) in [5.41, 5.74) is 3.59. The number of benzene rings is 4. The van der Waals surface area contributed by atoms with Gasteiger partial charge in [-0.3, -0.25) is 0 Å². The van der Waals surface area contributed by atoms with Crippen molar-refractivity contribution in [2.45, 2.75) is 56.8 Å². The lowest BCUT2D eigenvalue weighted by atomic mass is 9.97. The lowest BCUT2D eigenvalue weighted by molar-refractivity contribution is -0.374. The summed E-state index contributed by atoms with van der Waals surface area (Å²) >= 11 is 0. The fraction of sp³-hybridized carbons (Fsp3) is 0.286. The van der Waals surface area contributed by atoms with Crippen molar-refractivity contribution in [2.24, 2.45) is 0 Å². The van der Waals surface area contributed by atoms with E-state index in [4.69, 9.17) is 28.4 Å². The quantitative estimate of drug-likeness (QED) is 0.233. The van der Waals surface area contributed by atoms with Crippen LogP contribution in [0.25, 0.3) is 0 Å². The smallest absolute Gasteiger partial charge is 0.336 e. The van der Waals surface area contributed by atoms with Gasteiger partial charge in [-0.2, -0.15) is 0 Å². The Hall–Kier alpha value is -3.89. The first-order valence-electron chi connectivity index (χ1n) is 14.4. The number of fused-ring (bicyclic) bond motifs is 1. The lowest BCUT2D eigenvalue weighted by Gasteiger charge is -2.49. The third kappa shape index (κ3) is 7.19. The monoisotopic (exact) mass is 582 g/mol. The molecule has 222 valence electrons. The number of hydrogen-bond acceptors (Lipinski definition) is 7. The molecule has 43 heavy (non-hydrogen) atoms. The number of carboxylic acids is 1. The highest BCUT2D eigenvalue weighted by Crippen LogP contribution is 2.37. The number of ether oxygens (including phenoxy) is 6. The molecule has 2 aliphatic heterocycles. The van der Waals surface area contributed by atoms with Crippen LogP contribution in [0.3, 0.4) is 0 Å². The first-order chi connectivity index (χ1) is 21.2. The molecule has 0 amide bonds. The summed E-state index contributed by atoms with van der Waals surface area (Å²) in [5, 5.41) is 9.69. The second kappa shape index (κ2) is 14.1. The van der Waals surface area contributed by atoms with Gasteiger partial charge in [0.15, 0.2) is 12.6 Å². The molecule has 6 rings (SSSR count).